The van der Waals surface area contributed by atoms with Crippen molar-refractivity contribution in [3.63, 3.8) is 0 Å². The Hall–Kier alpha value is -3.28. The largest absolute Gasteiger partial charge is 0.355 e. The molecule has 1 aromatic carbocycles. The number of amides is 1. The normalized spacial score (nSPS) is 11.8. The maximum absolute atomic E-state index is 12.5. The van der Waals surface area contributed by atoms with E-state index in [4.69, 9.17) is 0 Å². The molecule has 1 unspecified atom stereocenters. The minimum Gasteiger partial charge on any atom is -0.355 e. The molecule has 3 rings (SSSR count). The third-order valence-corrected chi connectivity index (χ3v) is 4.80. The van der Waals surface area contributed by atoms with E-state index in [1.165, 1.54) is 5.56 Å². The van der Waals surface area contributed by atoms with Gasteiger partial charge in [0.15, 0.2) is 0 Å². The highest BCUT2D eigenvalue weighted by Gasteiger charge is 2.15. The summed E-state index contributed by atoms with van der Waals surface area (Å²) in [5.41, 5.74) is 2.57. The number of nitrogens with zero attached hydrogens (tertiary/aromatic N) is 2. The third kappa shape index (κ3) is 4.71. The molecule has 2 N–H and O–H groups in total. The van der Waals surface area contributed by atoms with Crippen molar-refractivity contribution >= 4 is 5.91 Å². The Kier molecular flexibility index (Phi) is 6.32. The molecule has 144 valence electrons. The molecule has 0 aliphatic heterocycles. The van der Waals surface area contributed by atoms with Crippen LogP contribution in [0.4, 0.5) is 0 Å². The minimum atomic E-state index is -0.295. The number of carbonyl (C=O) groups is 1. The Morgan fingerprint density at radius 2 is 1.96 bits per heavy atom. The molecule has 0 saturated carbocycles. The van der Waals surface area contributed by atoms with Crippen LogP contribution in [0, 0.1) is 6.92 Å². The van der Waals surface area contributed by atoms with Crippen LogP contribution in [0.25, 0.3) is 11.4 Å². The average Bonchev–Trinajstić information content (AvgIpc) is 2.72. The van der Waals surface area contributed by atoms with Gasteiger partial charge in [-0.05, 0) is 31.0 Å². The first kappa shape index (κ1) is 19.5. The van der Waals surface area contributed by atoms with E-state index in [1.807, 2.05) is 24.3 Å². The number of nitrogens with one attached hydrogen (secondary N) is 2. The molecule has 3 aromatic rings. The lowest BCUT2D eigenvalue weighted by Gasteiger charge is -2.16. The number of hydrogen-bond acceptors (Lipinski definition) is 4. The number of H-pyrrole nitrogens is 1. The lowest BCUT2D eigenvalue weighted by atomic mass is 9.96. The van der Waals surface area contributed by atoms with Crippen LogP contribution in [0.3, 0.4) is 0 Å². The molecule has 0 spiro atoms. The number of hydrogen-bond donors (Lipinski definition) is 2. The van der Waals surface area contributed by atoms with Crippen LogP contribution in [-0.2, 0) is 11.2 Å². The number of pyridine rings is 1. The second-order valence-corrected chi connectivity index (χ2v) is 6.72. The summed E-state index contributed by atoms with van der Waals surface area (Å²) in [7, 11) is 0. The predicted molar refractivity (Wildman–Crippen MR) is 109 cm³/mol. The molecular formula is C22H24N4O2. The predicted octanol–water partition coefficient (Wildman–Crippen LogP) is 2.99. The molecule has 6 heteroatoms. The van der Waals surface area contributed by atoms with Crippen molar-refractivity contribution < 1.29 is 4.79 Å². The smallest absolute Gasteiger partial charge is 0.255 e. The maximum Gasteiger partial charge on any atom is 0.255 e. The van der Waals surface area contributed by atoms with E-state index >= 15 is 0 Å². The summed E-state index contributed by atoms with van der Waals surface area (Å²) >= 11 is 0. The fourth-order valence-corrected chi connectivity index (χ4v) is 3.14. The molecule has 2 heterocycles. The third-order valence-electron chi connectivity index (χ3n) is 4.80. The first-order chi connectivity index (χ1) is 13.6. The second kappa shape index (κ2) is 9.08. The number of aryl methyl sites for hydroxylation is 1. The number of aromatic amines is 1. The molecule has 0 fully saturated rings. The average molecular weight is 376 g/mol. The monoisotopic (exact) mass is 376 g/mol. The lowest BCUT2D eigenvalue weighted by Crippen LogP contribution is -2.32. The van der Waals surface area contributed by atoms with Gasteiger partial charge in [-0.15, -0.1) is 0 Å². The van der Waals surface area contributed by atoms with Crippen LogP contribution in [0.15, 0.2) is 59.7 Å². The highest BCUT2D eigenvalue weighted by atomic mass is 16.2. The van der Waals surface area contributed by atoms with Gasteiger partial charge in [-0.1, -0.05) is 37.3 Å². The van der Waals surface area contributed by atoms with E-state index in [2.05, 4.69) is 39.3 Å². The summed E-state index contributed by atoms with van der Waals surface area (Å²) in [5, 5.41) is 2.95. The van der Waals surface area contributed by atoms with E-state index in [0.717, 1.165) is 12.0 Å². The van der Waals surface area contributed by atoms with E-state index in [1.54, 1.807) is 25.4 Å². The summed E-state index contributed by atoms with van der Waals surface area (Å²) in [6.45, 7) is 4.38. The molecule has 2 aromatic heterocycles. The van der Waals surface area contributed by atoms with Gasteiger partial charge in [0.05, 0.1) is 6.42 Å². The Balaban J connectivity index is 1.68. The SMILES string of the molecule is CCC(CNC(=O)Cc1c(C)nc(-c2cccnc2)[nH]c1=O)c1ccccc1. The molecule has 0 aliphatic carbocycles. The summed E-state index contributed by atoms with van der Waals surface area (Å²) in [6, 6.07) is 13.7. The number of aromatic nitrogens is 3. The van der Waals surface area contributed by atoms with Gasteiger partial charge in [-0.2, -0.15) is 0 Å². The number of carbonyl (C=O) groups excluding carboxylic acids is 1. The van der Waals surface area contributed by atoms with Crippen molar-refractivity contribution in [2.75, 3.05) is 6.54 Å². The molecule has 28 heavy (non-hydrogen) atoms. The van der Waals surface area contributed by atoms with Crippen LogP contribution < -0.4 is 10.9 Å². The van der Waals surface area contributed by atoms with Gasteiger partial charge >= 0.3 is 0 Å². The molecule has 1 atom stereocenters. The standard InChI is InChI=1S/C22H24N4O2/c1-3-16(17-8-5-4-6-9-17)14-24-20(27)12-19-15(2)25-21(26-22(19)28)18-10-7-11-23-13-18/h4-11,13,16H,3,12,14H2,1-2H3,(H,24,27)(H,25,26,28). The van der Waals surface area contributed by atoms with Crippen molar-refractivity contribution in [2.24, 2.45) is 0 Å². The molecule has 0 radical (unpaired) electrons. The minimum absolute atomic E-state index is 0.00666. The Bertz CT molecular complexity index is 984. The van der Waals surface area contributed by atoms with Crippen molar-refractivity contribution in [2.45, 2.75) is 32.6 Å². The number of benzene rings is 1. The van der Waals surface area contributed by atoms with Crippen molar-refractivity contribution in [3.05, 3.63) is 82.0 Å². The van der Waals surface area contributed by atoms with E-state index in [0.29, 0.717) is 23.6 Å². The molecule has 6 nitrogen and oxygen atoms in total. The van der Waals surface area contributed by atoms with Crippen LogP contribution in [0.5, 0.6) is 0 Å². The van der Waals surface area contributed by atoms with Gasteiger partial charge in [-0.25, -0.2) is 4.98 Å². The highest BCUT2D eigenvalue weighted by molar-refractivity contribution is 5.78. The first-order valence-corrected chi connectivity index (χ1v) is 9.40. The summed E-state index contributed by atoms with van der Waals surface area (Å²) in [4.78, 5) is 36.1. The molecule has 1 amide bonds. The van der Waals surface area contributed by atoms with Gasteiger partial charge in [0.25, 0.3) is 5.56 Å². The zero-order valence-electron chi connectivity index (χ0n) is 16.1. The Morgan fingerprint density at radius 3 is 2.61 bits per heavy atom. The lowest BCUT2D eigenvalue weighted by molar-refractivity contribution is -0.120. The van der Waals surface area contributed by atoms with Crippen molar-refractivity contribution in [1.29, 1.82) is 0 Å². The van der Waals surface area contributed by atoms with Gasteiger partial charge < -0.3 is 10.3 Å². The van der Waals surface area contributed by atoms with E-state index < -0.39 is 0 Å². The van der Waals surface area contributed by atoms with Crippen LogP contribution in [0.2, 0.25) is 0 Å². The second-order valence-electron chi connectivity index (χ2n) is 6.72. The maximum atomic E-state index is 12.5. The summed E-state index contributed by atoms with van der Waals surface area (Å²) < 4.78 is 0. The van der Waals surface area contributed by atoms with Gasteiger partial charge in [0, 0.05) is 41.7 Å². The molecular weight excluding hydrogens is 352 g/mol. The number of rotatable bonds is 7. The van der Waals surface area contributed by atoms with Crippen LogP contribution in [0.1, 0.15) is 36.1 Å². The molecule has 0 aliphatic rings. The van der Waals surface area contributed by atoms with Crippen LogP contribution in [-0.4, -0.2) is 27.4 Å². The van der Waals surface area contributed by atoms with E-state index in [-0.39, 0.29) is 23.8 Å². The Morgan fingerprint density at radius 1 is 1.18 bits per heavy atom. The fourth-order valence-electron chi connectivity index (χ4n) is 3.14. The zero-order valence-corrected chi connectivity index (χ0v) is 16.1. The quantitative estimate of drug-likeness (QED) is 0.664. The topological polar surface area (TPSA) is 87.7 Å². The Labute approximate surface area is 164 Å². The molecule has 0 saturated heterocycles. The summed E-state index contributed by atoms with van der Waals surface area (Å²) in [5.74, 6) is 0.518. The highest BCUT2D eigenvalue weighted by Crippen LogP contribution is 2.18. The van der Waals surface area contributed by atoms with Gasteiger partial charge in [-0.3, -0.25) is 14.6 Å². The summed E-state index contributed by atoms with van der Waals surface area (Å²) in [6.07, 6.45) is 4.22. The van der Waals surface area contributed by atoms with Gasteiger partial charge in [0.2, 0.25) is 5.91 Å². The van der Waals surface area contributed by atoms with Crippen molar-refractivity contribution in [1.82, 2.24) is 20.3 Å². The van der Waals surface area contributed by atoms with Crippen molar-refractivity contribution in [3.8, 4) is 11.4 Å². The van der Waals surface area contributed by atoms with E-state index in [9.17, 15) is 9.59 Å². The fraction of sp³-hybridized carbons (Fsp3) is 0.273. The van der Waals surface area contributed by atoms with Gasteiger partial charge in [0.1, 0.15) is 5.82 Å². The zero-order chi connectivity index (χ0) is 19.9. The molecule has 0 bridgehead atoms. The van der Waals surface area contributed by atoms with Crippen LogP contribution >= 0.6 is 0 Å². The first-order valence-electron chi connectivity index (χ1n) is 9.40.